The Labute approximate surface area is 437 Å². The molecule has 0 radical (unpaired) electrons. The first-order valence-corrected chi connectivity index (χ1v) is 29.1. The smallest absolute Gasteiger partial charge is 0.489 e. The van der Waals surface area contributed by atoms with E-state index in [-0.39, 0.29) is 45.8 Å². The van der Waals surface area contributed by atoms with Crippen LogP contribution in [-0.2, 0) is 0 Å². The van der Waals surface area contributed by atoms with Crippen LogP contribution >= 0.6 is 22.7 Å². The number of ether oxygens (including phenoxy) is 2. The lowest BCUT2D eigenvalue weighted by Crippen LogP contribution is -2.38. The van der Waals surface area contributed by atoms with Crippen molar-refractivity contribution in [3.8, 4) is 11.5 Å². The predicted molar refractivity (Wildman–Crippen MR) is 296 cm³/mol. The van der Waals surface area contributed by atoms with Gasteiger partial charge < -0.3 is 19.1 Å². The van der Waals surface area contributed by atoms with Gasteiger partial charge >= 0.3 is 14.8 Å². The highest BCUT2D eigenvalue weighted by atomic mass is 32.1. The molecule has 0 saturated heterocycles. The Balaban J connectivity index is 1.40. The van der Waals surface area contributed by atoms with Gasteiger partial charge in [-0.3, -0.25) is 17.3 Å². The van der Waals surface area contributed by atoms with E-state index in [0.717, 1.165) is 86.7 Å². The molecule has 72 heavy (non-hydrogen) atoms. The molecule has 2 aliphatic heterocycles. The van der Waals surface area contributed by atoms with E-state index in [4.69, 9.17) is 19.5 Å². The first-order valence-electron chi connectivity index (χ1n) is 27.4. The van der Waals surface area contributed by atoms with Crippen LogP contribution in [0.1, 0.15) is 192 Å². The Hall–Kier alpha value is -4.43. The van der Waals surface area contributed by atoms with E-state index in [1.807, 2.05) is 0 Å². The standard InChI is InChI=1S/C56H78B2F4N6O2S2/c1-5-9-13-17-19-23-31-43(29-21-15-11-7-3)41-69-45-33-25-37-63-53(45)65-55-49-50(52(67(55)57(59)60)48-36-28-40-72-48)56(68(58(61)62)51(49)47-35-27-39-71-47)66-54-46(34-26-38-64-54)70-42-44(30-22-16-12-8-4)32-24-20-18-14-10-6-2/h25-28,33-40,43-44H,5-24,29-32,41-42H2,1-4H3/b65-55-,66-56-. The van der Waals surface area contributed by atoms with E-state index < -0.39 is 14.8 Å². The molecule has 6 heterocycles. The van der Waals surface area contributed by atoms with Crippen LogP contribution in [0.3, 0.4) is 0 Å². The molecule has 0 bridgehead atoms. The summed E-state index contributed by atoms with van der Waals surface area (Å²) >= 11 is 2.47. The van der Waals surface area contributed by atoms with Crippen molar-refractivity contribution in [1.29, 1.82) is 0 Å². The average Bonchev–Trinajstić information content (AvgIpc) is 4.22. The highest BCUT2D eigenvalue weighted by molar-refractivity contribution is 7.11. The highest BCUT2D eigenvalue weighted by Gasteiger charge is 2.54. The van der Waals surface area contributed by atoms with Gasteiger partial charge in [-0.25, -0.2) is 20.0 Å². The van der Waals surface area contributed by atoms with Crippen LogP contribution in [0.5, 0.6) is 11.5 Å². The van der Waals surface area contributed by atoms with Crippen LogP contribution in [-0.4, -0.2) is 59.3 Å². The second-order valence-electron chi connectivity index (χ2n) is 19.4. The Bertz CT molecular complexity index is 2150. The molecule has 390 valence electrons. The zero-order chi connectivity index (χ0) is 50.9. The van der Waals surface area contributed by atoms with Gasteiger partial charge in [0.2, 0.25) is 0 Å². The molecule has 6 rings (SSSR count). The molecule has 0 spiro atoms. The van der Waals surface area contributed by atoms with Gasteiger partial charge in [0.25, 0.3) is 0 Å². The maximum atomic E-state index is 16.1. The summed E-state index contributed by atoms with van der Waals surface area (Å²) in [4.78, 5) is 21.7. The molecule has 0 saturated carbocycles. The lowest BCUT2D eigenvalue weighted by molar-refractivity contribution is 0.224. The normalized spacial score (nSPS) is 15.6. The number of aromatic nitrogens is 2. The van der Waals surface area contributed by atoms with Crippen molar-refractivity contribution in [3.63, 3.8) is 0 Å². The van der Waals surface area contributed by atoms with Crippen molar-refractivity contribution in [1.82, 2.24) is 19.6 Å². The first-order chi connectivity index (χ1) is 35.3. The number of unbranched alkanes of at least 4 members (excludes halogenated alkanes) is 16. The fourth-order valence-corrected chi connectivity index (χ4v) is 11.4. The second-order valence-corrected chi connectivity index (χ2v) is 21.3. The number of pyridine rings is 2. The lowest BCUT2D eigenvalue weighted by atomic mass is 9.95. The molecular weight excluding hydrogens is 950 g/mol. The summed E-state index contributed by atoms with van der Waals surface area (Å²) < 4.78 is 77.6. The zero-order valence-corrected chi connectivity index (χ0v) is 45.1. The molecule has 2 atom stereocenters. The summed E-state index contributed by atoms with van der Waals surface area (Å²) in [5.41, 5.74) is 0.272. The third-order valence-corrected chi connectivity index (χ3v) is 15.5. The van der Waals surface area contributed by atoms with Gasteiger partial charge in [-0.05, 0) is 84.7 Å². The third-order valence-electron chi connectivity index (χ3n) is 13.7. The number of aliphatic imine (C=N–C) groups is 2. The maximum Gasteiger partial charge on any atom is 0.679 e. The van der Waals surface area contributed by atoms with Crippen LogP contribution in [0.2, 0.25) is 0 Å². The number of amidine groups is 2. The van der Waals surface area contributed by atoms with E-state index in [2.05, 4.69) is 37.7 Å². The van der Waals surface area contributed by atoms with Gasteiger partial charge in [-0.1, -0.05) is 168 Å². The van der Waals surface area contributed by atoms with Crippen molar-refractivity contribution in [3.05, 3.63) is 92.6 Å². The molecule has 2 unspecified atom stereocenters. The van der Waals surface area contributed by atoms with Crippen LogP contribution in [0.15, 0.2) is 92.8 Å². The monoisotopic (exact) mass is 1030 g/mol. The first kappa shape index (κ1) is 56.9. The number of hydrogen-bond acceptors (Lipinski definition) is 8. The van der Waals surface area contributed by atoms with Gasteiger partial charge in [0.15, 0.2) is 23.1 Å². The van der Waals surface area contributed by atoms with Crippen molar-refractivity contribution in [2.24, 2.45) is 21.8 Å². The zero-order valence-electron chi connectivity index (χ0n) is 43.5. The van der Waals surface area contributed by atoms with E-state index in [1.165, 1.54) is 99.7 Å². The number of thiophene rings is 2. The number of rotatable bonds is 36. The second kappa shape index (κ2) is 31.3. The summed E-state index contributed by atoms with van der Waals surface area (Å²) in [6.07, 6.45) is 30.9. The predicted octanol–water partition coefficient (Wildman–Crippen LogP) is 18.1. The molecule has 8 nitrogen and oxygen atoms in total. The van der Waals surface area contributed by atoms with E-state index in [9.17, 15) is 0 Å². The molecule has 2 aliphatic rings. The molecule has 0 N–H and O–H groups in total. The minimum Gasteiger partial charge on any atom is -0.489 e. The van der Waals surface area contributed by atoms with Gasteiger partial charge in [-0.2, -0.15) is 0 Å². The maximum absolute atomic E-state index is 16.1. The number of nitrogens with zero attached hydrogens (tertiary/aromatic N) is 6. The molecule has 0 amide bonds. The van der Waals surface area contributed by atoms with Crippen molar-refractivity contribution in [2.75, 3.05) is 13.2 Å². The minimum atomic E-state index is -3.12. The largest absolute Gasteiger partial charge is 0.679 e. The van der Waals surface area contributed by atoms with Gasteiger partial charge in [0.1, 0.15) is 11.7 Å². The van der Waals surface area contributed by atoms with Crippen LogP contribution in [0.4, 0.5) is 28.9 Å². The van der Waals surface area contributed by atoms with E-state index >= 15 is 17.3 Å². The van der Waals surface area contributed by atoms with Gasteiger partial charge in [-0.15, -0.1) is 22.7 Å². The molecule has 0 aromatic carbocycles. The van der Waals surface area contributed by atoms with Crippen LogP contribution in [0.25, 0.3) is 11.4 Å². The Kier molecular flexibility index (Phi) is 24.7. The summed E-state index contributed by atoms with van der Waals surface area (Å²) in [5, 5.41) is 3.57. The molecule has 16 heteroatoms. The fraction of sp³-hybridized carbons (Fsp3) is 0.571. The van der Waals surface area contributed by atoms with Crippen LogP contribution in [0, 0.1) is 11.8 Å². The van der Waals surface area contributed by atoms with Crippen molar-refractivity contribution < 1.29 is 26.7 Å². The average molecular weight is 1030 g/mol. The molecule has 0 aliphatic carbocycles. The Morgan fingerprint density at radius 1 is 0.486 bits per heavy atom. The topological polar surface area (TPSA) is 75.4 Å². The molecule has 4 aromatic heterocycles. The SMILES string of the molecule is CCCCCCCCC(CCCCCC)COc1cccnc1/N=C1/C2=C(c3cccs3)N(B(F)F)/C(=N\c3ncccc3OCC(CCCCCC)CCCCCCCC)C2=C(c2cccs2)N1B(F)F. The molecule has 0 fully saturated rings. The van der Waals surface area contributed by atoms with Crippen molar-refractivity contribution >= 4 is 72.2 Å². The third kappa shape index (κ3) is 16.3. The van der Waals surface area contributed by atoms with E-state index in [1.54, 1.807) is 71.7 Å². The lowest BCUT2D eigenvalue weighted by Gasteiger charge is -2.25. The quantitative estimate of drug-likeness (QED) is 0.0257. The summed E-state index contributed by atoms with van der Waals surface area (Å²) in [7, 11) is -6.24. The summed E-state index contributed by atoms with van der Waals surface area (Å²) in [5.74, 6) is 1.04. The van der Waals surface area contributed by atoms with E-state index in [0.29, 0.717) is 46.3 Å². The highest BCUT2D eigenvalue weighted by Crippen LogP contribution is 2.51. The van der Waals surface area contributed by atoms with Gasteiger partial charge in [0.05, 0.1) is 45.5 Å². The Morgan fingerprint density at radius 2 is 0.833 bits per heavy atom. The minimum absolute atomic E-state index is 0.0265. The molecule has 4 aromatic rings. The fourth-order valence-electron chi connectivity index (χ4n) is 9.82. The Morgan fingerprint density at radius 3 is 1.17 bits per heavy atom. The van der Waals surface area contributed by atoms with Crippen LogP contribution < -0.4 is 9.47 Å². The number of hydrogen-bond donors (Lipinski definition) is 0. The van der Waals surface area contributed by atoms with Crippen molar-refractivity contribution in [2.45, 2.75) is 182 Å². The number of fused-ring (bicyclic) bond motifs is 1. The molecular formula is C56H78B2F4N6O2S2. The number of halogens is 4. The summed E-state index contributed by atoms with van der Waals surface area (Å²) in [6, 6.07) is 14.0. The summed E-state index contributed by atoms with van der Waals surface area (Å²) in [6.45, 7) is 9.74. The van der Waals surface area contributed by atoms with Gasteiger partial charge in [0, 0.05) is 12.4 Å².